The minimum Gasteiger partial charge on any atom is -0.342 e. The van der Waals surface area contributed by atoms with Gasteiger partial charge in [-0.25, -0.2) is 10.1 Å². The molecule has 0 radical (unpaired) electrons. The Kier molecular flexibility index (Phi) is 6.49. The average molecular weight is 470 g/mol. The molecule has 0 bridgehead atoms. The van der Waals surface area contributed by atoms with Gasteiger partial charge in [-0.1, -0.05) is 56.3 Å². The van der Waals surface area contributed by atoms with Gasteiger partial charge < -0.3 is 9.47 Å². The van der Waals surface area contributed by atoms with Gasteiger partial charge in [0.2, 0.25) is 5.91 Å². The molecule has 2 aromatic heterocycles. The zero-order valence-electron chi connectivity index (χ0n) is 20.3. The number of carbonyl (C=O) groups is 1. The molecule has 1 aliphatic rings. The Morgan fingerprint density at radius 1 is 1.06 bits per heavy atom. The van der Waals surface area contributed by atoms with Gasteiger partial charge in [0.25, 0.3) is 5.56 Å². The maximum atomic E-state index is 13.0. The van der Waals surface area contributed by atoms with Gasteiger partial charge in [0.15, 0.2) is 0 Å². The van der Waals surface area contributed by atoms with Crippen LogP contribution in [0.3, 0.4) is 0 Å². The first kappa shape index (κ1) is 23.0. The SMILES string of the molecule is CC(C)c1ccc(Cn2ccnc2C2CCN(C(=O)Cc3n[nH]c(=O)c4ccccc34)CC2)cc1. The highest BCUT2D eigenvalue weighted by molar-refractivity contribution is 5.88. The predicted molar refractivity (Wildman–Crippen MR) is 136 cm³/mol. The zero-order valence-corrected chi connectivity index (χ0v) is 20.3. The normalized spacial score (nSPS) is 14.7. The van der Waals surface area contributed by atoms with Gasteiger partial charge in [0.05, 0.1) is 17.5 Å². The van der Waals surface area contributed by atoms with Crippen LogP contribution in [0.1, 0.15) is 61.2 Å². The largest absolute Gasteiger partial charge is 0.342 e. The van der Waals surface area contributed by atoms with E-state index in [2.05, 4.69) is 64.1 Å². The van der Waals surface area contributed by atoms with Crippen molar-refractivity contribution < 1.29 is 4.79 Å². The van der Waals surface area contributed by atoms with Crippen molar-refractivity contribution in [2.45, 2.75) is 51.5 Å². The lowest BCUT2D eigenvalue weighted by Crippen LogP contribution is -2.39. The van der Waals surface area contributed by atoms with Gasteiger partial charge in [-0.2, -0.15) is 5.10 Å². The van der Waals surface area contributed by atoms with Gasteiger partial charge in [0, 0.05) is 43.3 Å². The number of amides is 1. The van der Waals surface area contributed by atoms with Crippen molar-refractivity contribution in [1.29, 1.82) is 0 Å². The molecule has 5 rings (SSSR count). The molecule has 1 fully saturated rings. The van der Waals surface area contributed by atoms with Gasteiger partial charge in [0.1, 0.15) is 5.82 Å². The summed E-state index contributed by atoms with van der Waals surface area (Å²) in [5.41, 5.74) is 3.00. The molecule has 7 nitrogen and oxygen atoms in total. The van der Waals surface area contributed by atoms with Crippen LogP contribution < -0.4 is 5.56 Å². The van der Waals surface area contributed by atoms with Crippen LogP contribution in [0.25, 0.3) is 10.8 Å². The summed E-state index contributed by atoms with van der Waals surface area (Å²) in [6.07, 6.45) is 5.88. The Labute approximate surface area is 204 Å². The summed E-state index contributed by atoms with van der Waals surface area (Å²) in [5.74, 6) is 2.00. The highest BCUT2D eigenvalue weighted by Gasteiger charge is 2.27. The van der Waals surface area contributed by atoms with Crippen LogP contribution in [0.2, 0.25) is 0 Å². The van der Waals surface area contributed by atoms with Crippen LogP contribution in [-0.4, -0.2) is 43.6 Å². The number of piperidine rings is 1. The lowest BCUT2D eigenvalue weighted by Gasteiger charge is -2.32. The number of aromatic nitrogens is 4. The molecule has 0 unspecified atom stereocenters. The van der Waals surface area contributed by atoms with Crippen molar-refractivity contribution in [3.8, 4) is 0 Å². The Balaban J connectivity index is 1.22. The molecule has 4 aromatic rings. The van der Waals surface area contributed by atoms with Crippen molar-refractivity contribution >= 4 is 16.7 Å². The first-order valence-electron chi connectivity index (χ1n) is 12.3. The minimum absolute atomic E-state index is 0.0433. The van der Waals surface area contributed by atoms with Gasteiger partial charge >= 0.3 is 0 Å². The standard InChI is InChI=1S/C28H31N5O2/c1-19(2)21-9-7-20(8-10-21)18-33-16-13-29-27(33)22-11-14-32(15-12-22)26(34)17-25-23-5-3-4-6-24(23)28(35)31-30-25/h3-10,13,16,19,22H,11-12,14-15,17-18H2,1-2H3,(H,31,35). The molecule has 2 aromatic carbocycles. The number of hydrogen-bond acceptors (Lipinski definition) is 4. The lowest BCUT2D eigenvalue weighted by atomic mass is 9.95. The highest BCUT2D eigenvalue weighted by atomic mass is 16.2. The summed E-state index contributed by atoms with van der Waals surface area (Å²) in [6.45, 7) is 6.61. The number of H-pyrrole nitrogens is 1. The fraction of sp³-hybridized carbons (Fsp3) is 0.357. The maximum absolute atomic E-state index is 13.0. The van der Waals surface area contributed by atoms with Crippen LogP contribution in [0.5, 0.6) is 0 Å². The maximum Gasteiger partial charge on any atom is 0.272 e. The van der Waals surface area contributed by atoms with E-state index in [0.29, 0.717) is 36.0 Å². The Morgan fingerprint density at radius 3 is 2.49 bits per heavy atom. The number of nitrogens with zero attached hydrogens (tertiary/aromatic N) is 4. The number of benzene rings is 2. The summed E-state index contributed by atoms with van der Waals surface area (Å²) >= 11 is 0. The fourth-order valence-corrected chi connectivity index (χ4v) is 4.97. The van der Waals surface area contributed by atoms with E-state index in [9.17, 15) is 9.59 Å². The third kappa shape index (κ3) is 4.90. The quantitative estimate of drug-likeness (QED) is 0.458. The molecule has 1 N–H and O–H groups in total. The van der Waals surface area contributed by atoms with Crippen molar-refractivity contribution in [3.05, 3.63) is 93.9 Å². The van der Waals surface area contributed by atoms with E-state index in [4.69, 9.17) is 0 Å². The lowest BCUT2D eigenvalue weighted by molar-refractivity contribution is -0.131. The fourth-order valence-electron chi connectivity index (χ4n) is 4.97. The van der Waals surface area contributed by atoms with Gasteiger partial charge in [-0.3, -0.25) is 9.59 Å². The second-order valence-electron chi connectivity index (χ2n) is 9.69. The van der Waals surface area contributed by atoms with Crippen molar-refractivity contribution in [3.63, 3.8) is 0 Å². The molecule has 7 heteroatoms. The van der Waals surface area contributed by atoms with Crippen LogP contribution in [-0.2, 0) is 17.8 Å². The second kappa shape index (κ2) is 9.86. The van der Waals surface area contributed by atoms with Crippen LogP contribution in [0, 0.1) is 0 Å². The summed E-state index contributed by atoms with van der Waals surface area (Å²) in [6, 6.07) is 16.1. The number of aromatic amines is 1. The molecule has 35 heavy (non-hydrogen) atoms. The number of rotatable bonds is 6. The Morgan fingerprint density at radius 2 is 1.77 bits per heavy atom. The Bertz CT molecular complexity index is 1380. The molecule has 0 spiro atoms. The first-order valence-corrected chi connectivity index (χ1v) is 12.3. The number of fused-ring (bicyclic) bond motifs is 1. The number of imidazole rings is 1. The summed E-state index contributed by atoms with van der Waals surface area (Å²) in [4.78, 5) is 31.7. The molecular weight excluding hydrogens is 438 g/mol. The van der Waals surface area contributed by atoms with Crippen LogP contribution >= 0.6 is 0 Å². The molecule has 3 heterocycles. The molecule has 0 saturated carbocycles. The van der Waals surface area contributed by atoms with Crippen molar-refractivity contribution in [2.24, 2.45) is 0 Å². The Hall–Kier alpha value is -3.74. The molecule has 1 amide bonds. The van der Waals surface area contributed by atoms with E-state index in [1.54, 1.807) is 6.07 Å². The molecule has 180 valence electrons. The summed E-state index contributed by atoms with van der Waals surface area (Å²) < 4.78 is 2.24. The summed E-state index contributed by atoms with van der Waals surface area (Å²) in [5, 5.41) is 7.99. The number of nitrogens with one attached hydrogen (secondary N) is 1. The predicted octanol–water partition coefficient (Wildman–Crippen LogP) is 4.24. The minimum atomic E-state index is -0.232. The highest BCUT2D eigenvalue weighted by Crippen LogP contribution is 2.28. The van der Waals surface area contributed by atoms with Gasteiger partial charge in [-0.15, -0.1) is 0 Å². The number of hydrogen-bond donors (Lipinski definition) is 1. The molecule has 0 aliphatic carbocycles. The molecule has 1 aliphatic heterocycles. The number of carbonyl (C=O) groups excluding carboxylic acids is 1. The zero-order chi connectivity index (χ0) is 24.4. The topological polar surface area (TPSA) is 83.9 Å². The van der Waals surface area contributed by atoms with E-state index in [-0.39, 0.29) is 17.9 Å². The van der Waals surface area contributed by atoms with E-state index in [1.165, 1.54) is 11.1 Å². The third-order valence-corrected chi connectivity index (χ3v) is 7.05. The van der Waals surface area contributed by atoms with Crippen molar-refractivity contribution in [1.82, 2.24) is 24.6 Å². The van der Waals surface area contributed by atoms with Crippen LogP contribution in [0.4, 0.5) is 0 Å². The molecule has 0 atom stereocenters. The second-order valence-corrected chi connectivity index (χ2v) is 9.69. The van der Waals surface area contributed by atoms with E-state index in [0.717, 1.165) is 30.6 Å². The smallest absolute Gasteiger partial charge is 0.272 e. The van der Waals surface area contributed by atoms with Gasteiger partial charge in [-0.05, 0) is 36.0 Å². The summed E-state index contributed by atoms with van der Waals surface area (Å²) in [7, 11) is 0. The monoisotopic (exact) mass is 469 g/mol. The van der Waals surface area contributed by atoms with E-state index < -0.39 is 0 Å². The first-order chi connectivity index (χ1) is 17.0. The van der Waals surface area contributed by atoms with Crippen molar-refractivity contribution in [2.75, 3.05) is 13.1 Å². The molecule has 1 saturated heterocycles. The average Bonchev–Trinajstić information content (AvgIpc) is 3.34. The van der Waals surface area contributed by atoms with Crippen LogP contribution in [0.15, 0.2) is 65.7 Å². The number of likely N-dealkylation sites (tertiary alicyclic amines) is 1. The third-order valence-electron chi connectivity index (χ3n) is 7.05. The molecular formula is C28H31N5O2. The van der Waals surface area contributed by atoms with E-state index >= 15 is 0 Å². The van der Waals surface area contributed by atoms with E-state index in [1.807, 2.05) is 29.3 Å².